The number of nitrogens with zero attached hydrogens (tertiary/aromatic N) is 5. The summed E-state index contributed by atoms with van der Waals surface area (Å²) in [6, 6.07) is 0.545. The lowest BCUT2D eigenvalue weighted by atomic mass is 10.2. The standard InChI is InChI=1S/C13H16N6O2/c14-11-10(15-3-4-16-11)13-17-12(18-21-13)9-6-19-5-1-2-8(19)7-20-9/h3-4,8-9H,1-2,5-7H2,(H2,14,16). The first-order chi connectivity index (χ1) is 10.3. The maximum absolute atomic E-state index is 5.86. The van der Waals surface area contributed by atoms with E-state index in [4.69, 9.17) is 15.0 Å². The molecule has 0 amide bonds. The summed E-state index contributed by atoms with van der Waals surface area (Å²) >= 11 is 0. The molecule has 2 N–H and O–H groups in total. The quantitative estimate of drug-likeness (QED) is 0.858. The first kappa shape index (κ1) is 12.7. The molecule has 2 aliphatic rings. The van der Waals surface area contributed by atoms with E-state index >= 15 is 0 Å². The Morgan fingerprint density at radius 2 is 2.19 bits per heavy atom. The Kier molecular flexibility index (Phi) is 3.04. The fraction of sp³-hybridized carbons (Fsp3) is 0.538. The van der Waals surface area contributed by atoms with Gasteiger partial charge in [0.2, 0.25) is 5.82 Å². The van der Waals surface area contributed by atoms with Crippen LogP contribution in [0, 0.1) is 0 Å². The van der Waals surface area contributed by atoms with E-state index in [0.29, 0.717) is 17.6 Å². The maximum Gasteiger partial charge on any atom is 0.280 e. The Morgan fingerprint density at radius 1 is 1.29 bits per heavy atom. The Labute approximate surface area is 121 Å². The Morgan fingerprint density at radius 3 is 3.10 bits per heavy atom. The molecule has 2 aromatic rings. The molecule has 2 atom stereocenters. The van der Waals surface area contributed by atoms with Crippen molar-refractivity contribution in [1.82, 2.24) is 25.0 Å². The van der Waals surface area contributed by atoms with Gasteiger partial charge in [0.05, 0.1) is 6.61 Å². The number of hydrogen-bond acceptors (Lipinski definition) is 8. The Bertz CT molecular complexity index is 645. The van der Waals surface area contributed by atoms with Crippen molar-refractivity contribution in [2.75, 3.05) is 25.4 Å². The molecule has 2 aromatic heterocycles. The summed E-state index contributed by atoms with van der Waals surface area (Å²) in [4.78, 5) is 14.9. The van der Waals surface area contributed by atoms with Gasteiger partial charge in [0.1, 0.15) is 6.10 Å². The molecular weight excluding hydrogens is 272 g/mol. The number of anilines is 1. The minimum absolute atomic E-state index is 0.158. The summed E-state index contributed by atoms with van der Waals surface area (Å²) < 4.78 is 11.1. The second-order valence-corrected chi connectivity index (χ2v) is 5.36. The number of fused-ring (bicyclic) bond motifs is 1. The summed E-state index contributed by atoms with van der Waals surface area (Å²) in [6.45, 7) is 2.65. The number of aromatic nitrogens is 4. The van der Waals surface area contributed by atoms with Gasteiger partial charge in [0, 0.05) is 25.0 Å². The van der Waals surface area contributed by atoms with Gasteiger partial charge in [0.15, 0.2) is 11.5 Å². The van der Waals surface area contributed by atoms with E-state index in [1.165, 1.54) is 19.0 Å². The summed E-state index contributed by atoms with van der Waals surface area (Å²) in [5.41, 5.74) is 6.18. The highest BCUT2D eigenvalue weighted by Crippen LogP contribution is 2.30. The zero-order valence-electron chi connectivity index (χ0n) is 11.5. The van der Waals surface area contributed by atoms with Gasteiger partial charge in [-0.2, -0.15) is 4.98 Å². The molecule has 8 nitrogen and oxygen atoms in total. The highest BCUT2D eigenvalue weighted by Gasteiger charge is 2.35. The van der Waals surface area contributed by atoms with Crippen LogP contribution in [0.15, 0.2) is 16.9 Å². The van der Waals surface area contributed by atoms with Crippen LogP contribution in [0.4, 0.5) is 5.82 Å². The SMILES string of the molecule is Nc1nccnc1-c1nc(C2CN3CCCC3CO2)no1. The summed E-state index contributed by atoms with van der Waals surface area (Å²) in [7, 11) is 0. The van der Waals surface area contributed by atoms with Crippen LogP contribution in [-0.4, -0.2) is 50.7 Å². The van der Waals surface area contributed by atoms with Gasteiger partial charge in [0.25, 0.3) is 5.89 Å². The second kappa shape index (κ2) is 5.05. The van der Waals surface area contributed by atoms with E-state index in [2.05, 4.69) is 25.0 Å². The van der Waals surface area contributed by atoms with Crippen LogP contribution in [0.2, 0.25) is 0 Å². The van der Waals surface area contributed by atoms with Gasteiger partial charge in [-0.1, -0.05) is 5.16 Å². The molecule has 2 aliphatic heterocycles. The van der Waals surface area contributed by atoms with Crippen molar-refractivity contribution in [2.45, 2.75) is 25.0 Å². The lowest BCUT2D eigenvalue weighted by Crippen LogP contribution is -2.42. The number of morpholine rings is 1. The van der Waals surface area contributed by atoms with Crippen LogP contribution in [-0.2, 0) is 4.74 Å². The molecule has 4 rings (SSSR count). The van der Waals surface area contributed by atoms with Crippen LogP contribution in [0.25, 0.3) is 11.6 Å². The Balaban J connectivity index is 1.56. The predicted octanol–water partition coefficient (Wildman–Crippen LogP) is 0.644. The van der Waals surface area contributed by atoms with Gasteiger partial charge in [-0.25, -0.2) is 9.97 Å². The van der Waals surface area contributed by atoms with Crippen LogP contribution >= 0.6 is 0 Å². The second-order valence-electron chi connectivity index (χ2n) is 5.36. The smallest absolute Gasteiger partial charge is 0.280 e. The minimum Gasteiger partial charge on any atom is -0.382 e. The maximum atomic E-state index is 5.86. The van der Waals surface area contributed by atoms with E-state index in [9.17, 15) is 0 Å². The number of ether oxygens (including phenoxy) is 1. The van der Waals surface area contributed by atoms with E-state index in [1.807, 2.05) is 0 Å². The van der Waals surface area contributed by atoms with Crippen LogP contribution in [0.5, 0.6) is 0 Å². The first-order valence-electron chi connectivity index (χ1n) is 7.07. The molecule has 0 aromatic carbocycles. The number of nitrogens with two attached hydrogens (primary N) is 1. The predicted molar refractivity (Wildman–Crippen MR) is 73.0 cm³/mol. The molecule has 2 unspecified atom stereocenters. The van der Waals surface area contributed by atoms with E-state index < -0.39 is 0 Å². The lowest BCUT2D eigenvalue weighted by molar-refractivity contribution is -0.0548. The third-order valence-electron chi connectivity index (χ3n) is 4.05. The Hall–Kier alpha value is -2.06. The molecule has 2 fully saturated rings. The molecule has 0 aliphatic carbocycles. The minimum atomic E-state index is -0.158. The van der Waals surface area contributed by atoms with Gasteiger partial charge in [-0.05, 0) is 19.4 Å². The molecule has 0 bridgehead atoms. The van der Waals surface area contributed by atoms with Crippen molar-refractivity contribution in [3.8, 4) is 11.6 Å². The number of hydrogen-bond donors (Lipinski definition) is 1. The van der Waals surface area contributed by atoms with Crippen molar-refractivity contribution in [2.24, 2.45) is 0 Å². The average molecular weight is 288 g/mol. The monoisotopic (exact) mass is 288 g/mol. The van der Waals surface area contributed by atoms with Gasteiger partial charge in [-0.3, -0.25) is 4.90 Å². The highest BCUT2D eigenvalue weighted by molar-refractivity contribution is 5.61. The molecule has 0 radical (unpaired) electrons. The zero-order chi connectivity index (χ0) is 14.2. The van der Waals surface area contributed by atoms with Gasteiger partial charge >= 0.3 is 0 Å². The molecule has 0 spiro atoms. The number of nitrogen functional groups attached to an aromatic ring is 1. The topological polar surface area (TPSA) is 103 Å². The van der Waals surface area contributed by atoms with Crippen molar-refractivity contribution < 1.29 is 9.26 Å². The highest BCUT2D eigenvalue weighted by atomic mass is 16.5. The molecule has 8 heteroatoms. The van der Waals surface area contributed by atoms with Crippen molar-refractivity contribution in [1.29, 1.82) is 0 Å². The normalized spacial score (nSPS) is 25.9. The molecular formula is C13H16N6O2. The molecule has 4 heterocycles. The third-order valence-corrected chi connectivity index (χ3v) is 4.05. The van der Waals surface area contributed by atoms with Crippen molar-refractivity contribution in [3.63, 3.8) is 0 Å². The van der Waals surface area contributed by atoms with Crippen LogP contribution in [0.3, 0.4) is 0 Å². The first-order valence-corrected chi connectivity index (χ1v) is 7.07. The van der Waals surface area contributed by atoms with E-state index in [-0.39, 0.29) is 17.8 Å². The van der Waals surface area contributed by atoms with Crippen LogP contribution in [0.1, 0.15) is 24.8 Å². The molecule has 2 saturated heterocycles. The largest absolute Gasteiger partial charge is 0.382 e. The van der Waals surface area contributed by atoms with Crippen LogP contribution < -0.4 is 5.73 Å². The fourth-order valence-electron chi connectivity index (χ4n) is 2.95. The number of rotatable bonds is 2. The van der Waals surface area contributed by atoms with Crippen molar-refractivity contribution >= 4 is 5.82 Å². The molecule has 110 valence electrons. The average Bonchev–Trinajstić information content (AvgIpc) is 3.16. The lowest BCUT2D eigenvalue weighted by Gasteiger charge is -2.33. The molecule has 0 saturated carbocycles. The van der Waals surface area contributed by atoms with E-state index in [1.54, 1.807) is 6.20 Å². The fourth-order valence-corrected chi connectivity index (χ4v) is 2.95. The zero-order valence-corrected chi connectivity index (χ0v) is 11.5. The molecule has 21 heavy (non-hydrogen) atoms. The summed E-state index contributed by atoms with van der Waals surface area (Å²) in [5.74, 6) is 1.10. The summed E-state index contributed by atoms with van der Waals surface area (Å²) in [5, 5.41) is 4.01. The third kappa shape index (κ3) is 2.26. The van der Waals surface area contributed by atoms with Gasteiger partial charge in [-0.15, -0.1) is 0 Å². The summed E-state index contributed by atoms with van der Waals surface area (Å²) in [6.07, 6.45) is 5.35. The van der Waals surface area contributed by atoms with Crippen molar-refractivity contribution in [3.05, 3.63) is 18.2 Å². The van der Waals surface area contributed by atoms with Gasteiger partial charge < -0.3 is 15.0 Å². The van der Waals surface area contributed by atoms with E-state index in [0.717, 1.165) is 19.7 Å².